The summed E-state index contributed by atoms with van der Waals surface area (Å²) >= 11 is 12.6. The number of nitrogens with zero attached hydrogens (tertiary/aromatic N) is 6. The van der Waals surface area contributed by atoms with E-state index >= 15 is 0 Å². The quantitative estimate of drug-likeness (QED) is 0.351. The van der Waals surface area contributed by atoms with E-state index in [-0.39, 0.29) is 27.7 Å². The number of aryl methyl sites for hydroxylation is 1. The topological polar surface area (TPSA) is 112 Å². The number of fused-ring (bicyclic) bond motifs is 3. The molecule has 1 fully saturated rings. The second kappa shape index (κ2) is 9.35. The zero-order valence-electron chi connectivity index (χ0n) is 20.1. The van der Waals surface area contributed by atoms with Crippen molar-refractivity contribution in [1.29, 1.82) is 0 Å². The Kier molecular flexibility index (Phi) is 6.10. The van der Waals surface area contributed by atoms with Crippen LogP contribution in [-0.2, 0) is 13.8 Å². The Balaban J connectivity index is 1.57. The van der Waals surface area contributed by atoms with E-state index in [0.717, 1.165) is 4.57 Å². The van der Waals surface area contributed by atoms with Crippen LogP contribution in [0.25, 0.3) is 38.9 Å². The molecule has 0 bridgehead atoms. The molecule has 0 aliphatic carbocycles. The first-order valence-electron chi connectivity index (χ1n) is 11.9. The number of pyridine rings is 1. The molecular formula is C25H22Cl2FN7O3. The van der Waals surface area contributed by atoms with Crippen molar-refractivity contribution >= 4 is 45.1 Å². The number of halogens is 3. The second-order valence-electron chi connectivity index (χ2n) is 9.19. The highest BCUT2D eigenvalue weighted by Gasteiger charge is 2.28. The predicted octanol–water partition coefficient (Wildman–Crippen LogP) is 3.03. The zero-order chi connectivity index (χ0) is 26.7. The van der Waals surface area contributed by atoms with Gasteiger partial charge in [0.05, 0.1) is 44.6 Å². The monoisotopic (exact) mass is 557 g/mol. The van der Waals surface area contributed by atoms with Gasteiger partial charge in [0, 0.05) is 36.9 Å². The maximum absolute atomic E-state index is 14.5. The fourth-order valence-corrected chi connectivity index (χ4v) is 5.76. The third-order valence-electron chi connectivity index (χ3n) is 7.06. The van der Waals surface area contributed by atoms with Crippen molar-refractivity contribution in [2.45, 2.75) is 25.4 Å². The van der Waals surface area contributed by atoms with Crippen LogP contribution in [-0.4, -0.2) is 52.8 Å². The maximum atomic E-state index is 14.5. The first-order valence-corrected chi connectivity index (χ1v) is 12.7. The molecule has 1 saturated heterocycles. The fourth-order valence-electron chi connectivity index (χ4n) is 5.19. The largest absolute Gasteiger partial charge is 0.376 e. The lowest BCUT2D eigenvalue weighted by Crippen LogP contribution is -2.39. The average molecular weight is 558 g/mol. The average Bonchev–Trinajstić information content (AvgIpc) is 3.53. The molecular weight excluding hydrogens is 536 g/mol. The zero-order valence-corrected chi connectivity index (χ0v) is 21.6. The lowest BCUT2D eigenvalue weighted by Gasteiger charge is -2.26. The summed E-state index contributed by atoms with van der Waals surface area (Å²) in [4.78, 5) is 31.5. The van der Waals surface area contributed by atoms with Crippen molar-refractivity contribution in [2.75, 3.05) is 13.1 Å². The predicted molar refractivity (Wildman–Crippen MR) is 143 cm³/mol. The Hall–Kier alpha value is -3.51. The summed E-state index contributed by atoms with van der Waals surface area (Å²) < 4.78 is 19.9. The fraction of sp³-hybridized carbons (Fsp3) is 0.280. The maximum Gasteiger partial charge on any atom is 0.335 e. The smallest absolute Gasteiger partial charge is 0.335 e. The van der Waals surface area contributed by atoms with Crippen molar-refractivity contribution in [3.63, 3.8) is 0 Å². The number of aliphatic hydroxyl groups excluding tert-OH is 1. The van der Waals surface area contributed by atoms with Gasteiger partial charge in [-0.1, -0.05) is 29.3 Å². The van der Waals surface area contributed by atoms with Gasteiger partial charge in [-0.25, -0.2) is 18.7 Å². The molecule has 0 saturated carbocycles. The van der Waals surface area contributed by atoms with Crippen molar-refractivity contribution in [2.24, 2.45) is 7.05 Å². The first kappa shape index (κ1) is 24.8. The van der Waals surface area contributed by atoms with Gasteiger partial charge in [0.25, 0.3) is 5.56 Å². The molecule has 2 atom stereocenters. The van der Waals surface area contributed by atoms with Crippen molar-refractivity contribution in [1.82, 2.24) is 33.8 Å². The number of alkyl halides is 1. The summed E-state index contributed by atoms with van der Waals surface area (Å²) in [7, 11) is 1.54. The molecule has 4 aromatic heterocycles. The number of aromatic nitrogens is 6. The van der Waals surface area contributed by atoms with Crippen LogP contribution in [0, 0.1) is 0 Å². The first-order chi connectivity index (χ1) is 18.3. The number of aliphatic hydroxyl groups is 1. The summed E-state index contributed by atoms with van der Waals surface area (Å²) in [5, 5.41) is 18.6. The van der Waals surface area contributed by atoms with Crippen LogP contribution in [0.1, 0.15) is 12.5 Å². The highest BCUT2D eigenvalue weighted by Crippen LogP contribution is 2.32. The van der Waals surface area contributed by atoms with Crippen LogP contribution in [0.2, 0.25) is 10.0 Å². The molecule has 1 aliphatic heterocycles. The van der Waals surface area contributed by atoms with Crippen LogP contribution in [0.5, 0.6) is 0 Å². The van der Waals surface area contributed by atoms with Gasteiger partial charge in [0.1, 0.15) is 18.5 Å². The van der Waals surface area contributed by atoms with E-state index in [1.807, 2.05) is 0 Å². The van der Waals surface area contributed by atoms with E-state index in [1.54, 1.807) is 45.9 Å². The summed E-state index contributed by atoms with van der Waals surface area (Å²) in [6, 6.07) is 6.05. The van der Waals surface area contributed by atoms with Crippen LogP contribution in [0.15, 0.2) is 52.4 Å². The Morgan fingerprint density at radius 1 is 1.18 bits per heavy atom. The molecule has 2 N–H and O–H groups in total. The molecule has 13 heteroatoms. The number of hydrogen-bond donors (Lipinski definition) is 2. The number of hydrogen-bond acceptors (Lipinski definition) is 6. The highest BCUT2D eigenvalue weighted by molar-refractivity contribution is 6.37. The molecule has 5 heterocycles. The number of benzene rings is 1. The molecule has 0 unspecified atom stereocenters. The van der Waals surface area contributed by atoms with E-state index in [9.17, 15) is 19.1 Å². The third-order valence-corrected chi connectivity index (χ3v) is 7.67. The normalized spacial score (nSPS) is 18.0. The van der Waals surface area contributed by atoms with E-state index in [1.165, 1.54) is 17.8 Å². The SMILES string of the molecule is Cn1c(=O)n(-c2c(Cl)cccc2Cl)c(=O)c2cnc3c(cc(-c4cnn([C@H]5CCNC[C@@H]5F)c4)n3CO)c21. The molecule has 1 aliphatic rings. The summed E-state index contributed by atoms with van der Waals surface area (Å²) in [6.45, 7) is 0.539. The minimum absolute atomic E-state index is 0.0912. The van der Waals surface area contributed by atoms with Gasteiger partial charge in [-0.3, -0.25) is 14.0 Å². The Bertz CT molecular complexity index is 1820. The van der Waals surface area contributed by atoms with Crippen molar-refractivity contribution in [3.05, 3.63) is 73.7 Å². The molecule has 0 spiro atoms. The molecule has 1 aromatic carbocycles. The standard InChI is InChI=1S/C25H22Cl2FN7O3/c1-32-21-14-7-20(13-8-31-34(11-13)19-5-6-29-10-18(19)28)33(12-36)23(14)30-9-15(21)24(37)35(25(32)38)22-16(26)3-2-4-17(22)27/h2-4,7-9,11,18-19,29,36H,5-6,10,12H2,1H3/t18-,19-/m0/s1. The minimum atomic E-state index is -1.07. The summed E-state index contributed by atoms with van der Waals surface area (Å²) in [5.41, 5.74) is 0.729. The van der Waals surface area contributed by atoms with Gasteiger partial charge < -0.3 is 15.0 Å². The lowest BCUT2D eigenvalue weighted by molar-refractivity contribution is 0.173. The number of piperidine rings is 1. The number of rotatable bonds is 4. The Morgan fingerprint density at radius 3 is 2.66 bits per heavy atom. The number of para-hydroxylation sites is 1. The van der Waals surface area contributed by atoms with Crippen molar-refractivity contribution < 1.29 is 9.50 Å². The molecule has 38 heavy (non-hydrogen) atoms. The summed E-state index contributed by atoms with van der Waals surface area (Å²) in [6.07, 6.45) is 4.22. The molecule has 5 aromatic rings. The van der Waals surface area contributed by atoms with Crippen LogP contribution in [0.3, 0.4) is 0 Å². The van der Waals surface area contributed by atoms with E-state index in [0.29, 0.717) is 40.8 Å². The minimum Gasteiger partial charge on any atom is -0.376 e. The summed E-state index contributed by atoms with van der Waals surface area (Å²) in [5.74, 6) is 0. The van der Waals surface area contributed by atoms with Gasteiger partial charge in [0.2, 0.25) is 0 Å². The van der Waals surface area contributed by atoms with Crippen LogP contribution < -0.4 is 16.6 Å². The van der Waals surface area contributed by atoms with Crippen molar-refractivity contribution in [3.8, 4) is 16.9 Å². The van der Waals surface area contributed by atoms with Gasteiger partial charge in [-0.2, -0.15) is 5.10 Å². The second-order valence-corrected chi connectivity index (χ2v) is 10.0. The van der Waals surface area contributed by atoms with Gasteiger partial charge >= 0.3 is 5.69 Å². The van der Waals surface area contributed by atoms with E-state index in [4.69, 9.17) is 23.2 Å². The molecule has 0 radical (unpaired) electrons. The van der Waals surface area contributed by atoms with Gasteiger partial charge in [0.15, 0.2) is 0 Å². The molecule has 196 valence electrons. The van der Waals surface area contributed by atoms with Gasteiger partial charge in [-0.15, -0.1) is 0 Å². The third kappa shape index (κ3) is 3.69. The van der Waals surface area contributed by atoms with Gasteiger partial charge in [-0.05, 0) is 31.2 Å². The Labute approximate surface area is 224 Å². The molecule has 10 nitrogen and oxygen atoms in total. The highest BCUT2D eigenvalue weighted by atomic mass is 35.5. The van der Waals surface area contributed by atoms with E-state index in [2.05, 4.69) is 15.4 Å². The Morgan fingerprint density at radius 2 is 1.95 bits per heavy atom. The lowest BCUT2D eigenvalue weighted by atomic mass is 10.1. The molecule has 6 rings (SSSR count). The van der Waals surface area contributed by atoms with Crippen LogP contribution in [0.4, 0.5) is 4.39 Å². The van der Waals surface area contributed by atoms with E-state index < -0.39 is 30.2 Å². The van der Waals surface area contributed by atoms with Crippen LogP contribution >= 0.6 is 23.2 Å². The molecule has 0 amide bonds. The number of nitrogens with one attached hydrogen (secondary N) is 1.